The van der Waals surface area contributed by atoms with E-state index in [0.29, 0.717) is 11.3 Å². The first-order valence-electron chi connectivity index (χ1n) is 6.45. The van der Waals surface area contributed by atoms with E-state index in [4.69, 9.17) is 11.0 Å². The van der Waals surface area contributed by atoms with Crippen LogP contribution in [0.5, 0.6) is 0 Å². The van der Waals surface area contributed by atoms with Gasteiger partial charge in [0.25, 0.3) is 0 Å². The molecule has 96 valence electrons. The Morgan fingerprint density at radius 1 is 1.28 bits per heavy atom. The summed E-state index contributed by atoms with van der Waals surface area (Å²) in [4.78, 5) is 0. The van der Waals surface area contributed by atoms with Gasteiger partial charge in [-0.3, -0.25) is 0 Å². The van der Waals surface area contributed by atoms with Gasteiger partial charge < -0.3 is 16.2 Å². The van der Waals surface area contributed by atoms with Crippen LogP contribution in [-0.2, 0) is 0 Å². The lowest BCUT2D eigenvalue weighted by atomic mass is 10.0. The highest BCUT2D eigenvalue weighted by Gasteiger charge is 2.22. The highest BCUT2D eigenvalue weighted by atomic mass is 16.3. The Kier molecular flexibility index (Phi) is 4.06. The lowest BCUT2D eigenvalue weighted by Crippen LogP contribution is -2.32. The van der Waals surface area contributed by atoms with Gasteiger partial charge in [0.2, 0.25) is 0 Å². The van der Waals surface area contributed by atoms with E-state index in [1.165, 1.54) is 6.42 Å². The molecule has 0 heterocycles. The van der Waals surface area contributed by atoms with Crippen molar-refractivity contribution in [1.29, 1.82) is 5.26 Å². The summed E-state index contributed by atoms with van der Waals surface area (Å²) in [6.07, 6.45) is 4.80. The van der Waals surface area contributed by atoms with Crippen LogP contribution in [0.3, 0.4) is 0 Å². The molecule has 1 saturated carbocycles. The minimum Gasteiger partial charge on any atom is -0.396 e. The van der Waals surface area contributed by atoms with Crippen LogP contribution in [0.1, 0.15) is 37.7 Å². The third-order valence-electron chi connectivity index (χ3n) is 3.55. The third-order valence-corrected chi connectivity index (χ3v) is 3.55. The van der Waals surface area contributed by atoms with Crippen LogP contribution >= 0.6 is 0 Å². The second kappa shape index (κ2) is 5.74. The highest BCUT2D eigenvalue weighted by Crippen LogP contribution is 2.26. The molecule has 2 unspecified atom stereocenters. The second-order valence-electron chi connectivity index (χ2n) is 4.83. The summed E-state index contributed by atoms with van der Waals surface area (Å²) in [5.74, 6) is 0. The number of para-hydroxylation sites is 1. The average Bonchev–Trinajstić information content (AvgIpc) is 2.57. The van der Waals surface area contributed by atoms with Gasteiger partial charge >= 0.3 is 0 Å². The van der Waals surface area contributed by atoms with Crippen molar-refractivity contribution >= 4 is 11.4 Å². The van der Waals surface area contributed by atoms with E-state index in [-0.39, 0.29) is 12.1 Å². The number of nitrogens with one attached hydrogen (secondary N) is 1. The highest BCUT2D eigenvalue weighted by molar-refractivity contribution is 5.73. The summed E-state index contributed by atoms with van der Waals surface area (Å²) in [6, 6.07) is 7.46. The Hall–Kier alpha value is -1.73. The molecular formula is C14H19N3O. The number of nitrogens with zero attached hydrogens (tertiary/aromatic N) is 1. The summed E-state index contributed by atoms with van der Waals surface area (Å²) in [7, 11) is 0. The molecule has 0 amide bonds. The molecule has 0 saturated heterocycles. The summed E-state index contributed by atoms with van der Waals surface area (Å²) in [5, 5.41) is 22.3. The third kappa shape index (κ3) is 2.74. The molecule has 1 aromatic carbocycles. The van der Waals surface area contributed by atoms with Crippen LogP contribution in [0.25, 0.3) is 0 Å². The number of aliphatic hydroxyl groups is 1. The van der Waals surface area contributed by atoms with E-state index in [0.717, 1.165) is 31.4 Å². The van der Waals surface area contributed by atoms with Crippen molar-refractivity contribution in [2.24, 2.45) is 0 Å². The fraction of sp³-hybridized carbons (Fsp3) is 0.500. The van der Waals surface area contributed by atoms with E-state index >= 15 is 0 Å². The van der Waals surface area contributed by atoms with Crippen molar-refractivity contribution in [3.05, 3.63) is 23.8 Å². The Morgan fingerprint density at radius 3 is 2.83 bits per heavy atom. The summed E-state index contributed by atoms with van der Waals surface area (Å²) < 4.78 is 0. The molecule has 0 aliphatic heterocycles. The number of benzene rings is 1. The molecule has 1 aromatic rings. The van der Waals surface area contributed by atoms with Crippen LogP contribution in [0.2, 0.25) is 0 Å². The smallest absolute Gasteiger partial charge is 0.101 e. The Balaban J connectivity index is 2.15. The molecule has 2 rings (SSSR count). The average molecular weight is 245 g/mol. The SMILES string of the molecule is N#Cc1cccc(NC2CCCCCC2O)c1N. The molecule has 0 bridgehead atoms. The van der Waals surface area contributed by atoms with Crippen LogP contribution < -0.4 is 11.1 Å². The Labute approximate surface area is 107 Å². The second-order valence-corrected chi connectivity index (χ2v) is 4.83. The predicted octanol–water partition coefficient (Wildman–Crippen LogP) is 2.25. The maximum absolute atomic E-state index is 10.1. The van der Waals surface area contributed by atoms with Gasteiger partial charge in [-0.2, -0.15) is 5.26 Å². The molecule has 2 atom stereocenters. The number of nitriles is 1. The lowest BCUT2D eigenvalue weighted by molar-refractivity contribution is 0.144. The normalized spacial score (nSPS) is 24.0. The van der Waals surface area contributed by atoms with Crippen molar-refractivity contribution in [2.75, 3.05) is 11.1 Å². The topological polar surface area (TPSA) is 82.1 Å². The first-order chi connectivity index (χ1) is 8.72. The number of hydrogen-bond donors (Lipinski definition) is 3. The molecule has 4 nitrogen and oxygen atoms in total. The monoisotopic (exact) mass is 245 g/mol. The number of nitrogen functional groups attached to an aromatic ring is 1. The quantitative estimate of drug-likeness (QED) is 0.551. The summed E-state index contributed by atoms with van der Waals surface area (Å²) in [5.41, 5.74) is 7.62. The maximum Gasteiger partial charge on any atom is 0.101 e. The molecule has 1 fully saturated rings. The van der Waals surface area contributed by atoms with Gasteiger partial charge in [-0.15, -0.1) is 0 Å². The predicted molar refractivity (Wildman–Crippen MR) is 72.1 cm³/mol. The fourth-order valence-electron chi connectivity index (χ4n) is 2.44. The zero-order chi connectivity index (χ0) is 13.0. The number of rotatable bonds is 2. The van der Waals surface area contributed by atoms with Gasteiger partial charge in [-0.25, -0.2) is 0 Å². The van der Waals surface area contributed by atoms with Crippen LogP contribution in [0.4, 0.5) is 11.4 Å². The van der Waals surface area contributed by atoms with E-state index in [1.807, 2.05) is 6.07 Å². The molecule has 18 heavy (non-hydrogen) atoms. The van der Waals surface area contributed by atoms with Gasteiger partial charge in [0.15, 0.2) is 0 Å². The molecule has 0 aromatic heterocycles. The van der Waals surface area contributed by atoms with Crippen LogP contribution in [-0.4, -0.2) is 17.3 Å². The van der Waals surface area contributed by atoms with Crippen molar-refractivity contribution in [1.82, 2.24) is 0 Å². The number of nitrogens with two attached hydrogens (primary N) is 1. The van der Waals surface area contributed by atoms with E-state index in [2.05, 4.69) is 11.4 Å². The molecule has 0 spiro atoms. The number of hydrogen-bond acceptors (Lipinski definition) is 4. The Bertz CT molecular complexity index is 453. The first kappa shape index (κ1) is 12.7. The van der Waals surface area contributed by atoms with Gasteiger partial charge in [0, 0.05) is 0 Å². The van der Waals surface area contributed by atoms with Crippen molar-refractivity contribution in [3.63, 3.8) is 0 Å². The zero-order valence-corrected chi connectivity index (χ0v) is 10.4. The van der Waals surface area contributed by atoms with Crippen LogP contribution in [0.15, 0.2) is 18.2 Å². The standard InChI is InChI=1S/C14H19N3O/c15-9-10-5-4-7-12(14(10)16)17-11-6-2-1-3-8-13(11)18/h4-5,7,11,13,17-18H,1-3,6,8,16H2. The number of anilines is 2. The van der Waals surface area contributed by atoms with E-state index < -0.39 is 0 Å². The van der Waals surface area contributed by atoms with Crippen LogP contribution in [0, 0.1) is 11.3 Å². The molecular weight excluding hydrogens is 226 g/mol. The Morgan fingerprint density at radius 2 is 2.06 bits per heavy atom. The summed E-state index contributed by atoms with van der Waals surface area (Å²) >= 11 is 0. The van der Waals surface area contributed by atoms with Gasteiger partial charge in [0.1, 0.15) is 6.07 Å². The zero-order valence-electron chi connectivity index (χ0n) is 10.4. The van der Waals surface area contributed by atoms with Gasteiger partial charge in [-0.05, 0) is 25.0 Å². The molecule has 1 aliphatic carbocycles. The summed E-state index contributed by atoms with van der Waals surface area (Å²) in [6.45, 7) is 0. The molecule has 4 heteroatoms. The van der Waals surface area contributed by atoms with Crippen molar-refractivity contribution in [2.45, 2.75) is 44.2 Å². The largest absolute Gasteiger partial charge is 0.396 e. The molecule has 1 aliphatic rings. The first-order valence-corrected chi connectivity index (χ1v) is 6.45. The number of aliphatic hydroxyl groups excluding tert-OH is 1. The molecule has 0 radical (unpaired) electrons. The lowest BCUT2D eigenvalue weighted by Gasteiger charge is -2.24. The van der Waals surface area contributed by atoms with E-state index in [1.54, 1.807) is 12.1 Å². The van der Waals surface area contributed by atoms with Gasteiger partial charge in [-0.1, -0.05) is 25.3 Å². The van der Waals surface area contributed by atoms with Crippen molar-refractivity contribution < 1.29 is 5.11 Å². The molecule has 4 N–H and O–H groups in total. The minimum absolute atomic E-state index is 0.0312. The van der Waals surface area contributed by atoms with E-state index in [9.17, 15) is 5.11 Å². The van der Waals surface area contributed by atoms with Gasteiger partial charge in [0.05, 0.1) is 29.1 Å². The van der Waals surface area contributed by atoms with Crippen molar-refractivity contribution in [3.8, 4) is 6.07 Å². The minimum atomic E-state index is -0.336. The maximum atomic E-state index is 10.1. The fourth-order valence-corrected chi connectivity index (χ4v) is 2.44.